The van der Waals surface area contributed by atoms with Crippen molar-refractivity contribution in [2.45, 2.75) is 45.7 Å². The summed E-state index contributed by atoms with van der Waals surface area (Å²) in [4.78, 5) is 14.6. The van der Waals surface area contributed by atoms with Gasteiger partial charge in [0.1, 0.15) is 0 Å². The van der Waals surface area contributed by atoms with Crippen LogP contribution in [0.15, 0.2) is 24.3 Å². The molecule has 4 heteroatoms. The summed E-state index contributed by atoms with van der Waals surface area (Å²) in [6.07, 6.45) is 2.88. The predicted molar refractivity (Wildman–Crippen MR) is 87.3 cm³/mol. The zero-order valence-electron chi connectivity index (χ0n) is 12.9. The van der Waals surface area contributed by atoms with Gasteiger partial charge in [0.05, 0.1) is 0 Å². The van der Waals surface area contributed by atoms with Crippen LogP contribution in [0.25, 0.3) is 0 Å². The summed E-state index contributed by atoms with van der Waals surface area (Å²) in [5.41, 5.74) is 1.09. The van der Waals surface area contributed by atoms with Gasteiger partial charge in [0.15, 0.2) is 0 Å². The molecule has 1 aliphatic rings. The number of hydrogen-bond donors (Lipinski definition) is 1. The van der Waals surface area contributed by atoms with Crippen LogP contribution >= 0.6 is 11.6 Å². The van der Waals surface area contributed by atoms with Crippen LogP contribution in [0.3, 0.4) is 0 Å². The third kappa shape index (κ3) is 5.01. The maximum atomic E-state index is 12.6. The minimum absolute atomic E-state index is 0.207. The molecule has 1 aromatic rings. The number of hydrogen-bond acceptors (Lipinski definition) is 2. The Morgan fingerprint density at radius 1 is 1.38 bits per heavy atom. The number of benzene rings is 1. The van der Waals surface area contributed by atoms with E-state index in [9.17, 15) is 4.79 Å². The lowest BCUT2D eigenvalue weighted by atomic mass is 9.94. The lowest BCUT2D eigenvalue weighted by Gasteiger charge is -2.30. The first-order chi connectivity index (χ1) is 10.1. The maximum Gasteiger partial charge on any atom is 0.223 e. The van der Waals surface area contributed by atoms with Crippen LogP contribution in [0.4, 0.5) is 0 Å². The van der Waals surface area contributed by atoms with E-state index in [2.05, 4.69) is 19.2 Å². The van der Waals surface area contributed by atoms with E-state index in [-0.39, 0.29) is 11.9 Å². The molecule has 1 heterocycles. The fourth-order valence-corrected chi connectivity index (χ4v) is 3.05. The van der Waals surface area contributed by atoms with E-state index in [4.69, 9.17) is 11.6 Å². The van der Waals surface area contributed by atoms with Gasteiger partial charge in [0.2, 0.25) is 5.91 Å². The van der Waals surface area contributed by atoms with Gasteiger partial charge in [0, 0.05) is 24.0 Å². The Morgan fingerprint density at radius 3 is 2.71 bits per heavy atom. The molecule has 1 amide bonds. The van der Waals surface area contributed by atoms with Crippen LogP contribution < -0.4 is 5.32 Å². The monoisotopic (exact) mass is 308 g/mol. The SMILES string of the molecule is CC(C)N(Cc1cccc(Cl)c1)C(=O)CC1CCNCC1. The number of rotatable bonds is 5. The van der Waals surface area contributed by atoms with Gasteiger partial charge in [-0.25, -0.2) is 0 Å². The smallest absolute Gasteiger partial charge is 0.223 e. The minimum Gasteiger partial charge on any atom is -0.336 e. The Morgan fingerprint density at radius 2 is 2.10 bits per heavy atom. The van der Waals surface area contributed by atoms with Gasteiger partial charge < -0.3 is 10.2 Å². The van der Waals surface area contributed by atoms with E-state index in [1.807, 2.05) is 29.2 Å². The summed E-state index contributed by atoms with van der Waals surface area (Å²) < 4.78 is 0. The average Bonchev–Trinajstić information content (AvgIpc) is 2.45. The molecule has 2 rings (SSSR count). The molecule has 116 valence electrons. The van der Waals surface area contributed by atoms with Gasteiger partial charge in [-0.05, 0) is 63.4 Å². The van der Waals surface area contributed by atoms with E-state index in [0.29, 0.717) is 18.9 Å². The number of nitrogens with one attached hydrogen (secondary N) is 1. The third-order valence-corrected chi connectivity index (χ3v) is 4.34. The number of piperidine rings is 1. The second-order valence-electron chi connectivity index (χ2n) is 6.14. The molecule has 1 aromatic carbocycles. The van der Waals surface area contributed by atoms with Crippen molar-refractivity contribution >= 4 is 17.5 Å². The number of halogens is 1. The van der Waals surface area contributed by atoms with Crippen LogP contribution in [0.5, 0.6) is 0 Å². The fourth-order valence-electron chi connectivity index (χ4n) is 2.84. The Balaban J connectivity index is 1.98. The minimum atomic E-state index is 0.207. The largest absolute Gasteiger partial charge is 0.336 e. The van der Waals surface area contributed by atoms with Crippen LogP contribution in [0, 0.1) is 5.92 Å². The molecule has 3 nitrogen and oxygen atoms in total. The van der Waals surface area contributed by atoms with Crippen molar-refractivity contribution in [2.75, 3.05) is 13.1 Å². The molecule has 0 atom stereocenters. The molecule has 0 aromatic heterocycles. The van der Waals surface area contributed by atoms with Crippen molar-refractivity contribution in [3.8, 4) is 0 Å². The Hall–Kier alpha value is -1.06. The average molecular weight is 309 g/mol. The third-order valence-electron chi connectivity index (χ3n) is 4.11. The number of amides is 1. The zero-order valence-corrected chi connectivity index (χ0v) is 13.7. The molecule has 0 radical (unpaired) electrons. The van der Waals surface area contributed by atoms with Gasteiger partial charge in [-0.2, -0.15) is 0 Å². The molecule has 0 spiro atoms. The summed E-state index contributed by atoms with van der Waals surface area (Å²) in [7, 11) is 0. The lowest BCUT2D eigenvalue weighted by Crippen LogP contribution is -2.38. The molecular formula is C17H25ClN2O. The lowest BCUT2D eigenvalue weighted by molar-refractivity contribution is -0.134. The summed E-state index contributed by atoms with van der Waals surface area (Å²) in [6.45, 7) is 6.86. The standard InChI is InChI=1S/C17H25ClN2O/c1-13(2)20(12-15-4-3-5-16(18)10-15)17(21)11-14-6-8-19-9-7-14/h3-5,10,13-14,19H,6-9,11-12H2,1-2H3. The van der Waals surface area contributed by atoms with Crippen LogP contribution in [0.2, 0.25) is 5.02 Å². The van der Waals surface area contributed by atoms with Gasteiger partial charge in [0.25, 0.3) is 0 Å². The van der Waals surface area contributed by atoms with E-state index in [1.165, 1.54) is 0 Å². The number of carbonyl (C=O) groups is 1. The van der Waals surface area contributed by atoms with Crippen molar-refractivity contribution in [3.63, 3.8) is 0 Å². The highest BCUT2D eigenvalue weighted by Gasteiger charge is 2.22. The maximum absolute atomic E-state index is 12.6. The Bertz CT molecular complexity index is 470. The summed E-state index contributed by atoms with van der Waals surface area (Å²) in [5.74, 6) is 0.788. The summed E-state index contributed by atoms with van der Waals surface area (Å²) in [5, 5.41) is 4.07. The van der Waals surface area contributed by atoms with Crippen molar-refractivity contribution < 1.29 is 4.79 Å². The van der Waals surface area contributed by atoms with Crippen molar-refractivity contribution in [2.24, 2.45) is 5.92 Å². The first kappa shape index (κ1) is 16.3. The summed E-state index contributed by atoms with van der Waals surface area (Å²) >= 11 is 6.03. The molecule has 0 saturated carbocycles. The van der Waals surface area contributed by atoms with Crippen LogP contribution in [-0.4, -0.2) is 29.9 Å². The molecule has 0 unspecified atom stereocenters. The van der Waals surface area contributed by atoms with Gasteiger partial charge >= 0.3 is 0 Å². The normalized spacial score (nSPS) is 16.2. The van der Waals surface area contributed by atoms with Crippen molar-refractivity contribution in [1.29, 1.82) is 0 Å². The molecule has 1 N–H and O–H groups in total. The second-order valence-corrected chi connectivity index (χ2v) is 6.58. The van der Waals surface area contributed by atoms with E-state index in [1.54, 1.807) is 0 Å². The number of carbonyl (C=O) groups excluding carboxylic acids is 1. The predicted octanol–water partition coefficient (Wildman–Crippen LogP) is 3.47. The second kappa shape index (κ2) is 7.81. The molecular weight excluding hydrogens is 284 g/mol. The number of nitrogens with zero attached hydrogens (tertiary/aromatic N) is 1. The van der Waals surface area contributed by atoms with Gasteiger partial charge in [-0.3, -0.25) is 4.79 Å². The van der Waals surface area contributed by atoms with E-state index in [0.717, 1.165) is 36.5 Å². The molecule has 0 bridgehead atoms. The molecule has 1 fully saturated rings. The first-order valence-corrected chi connectivity index (χ1v) is 8.18. The topological polar surface area (TPSA) is 32.3 Å². The van der Waals surface area contributed by atoms with Crippen molar-refractivity contribution in [1.82, 2.24) is 10.2 Å². The van der Waals surface area contributed by atoms with Crippen LogP contribution in [0.1, 0.15) is 38.7 Å². The first-order valence-electron chi connectivity index (χ1n) is 7.81. The van der Waals surface area contributed by atoms with Gasteiger partial charge in [-0.1, -0.05) is 23.7 Å². The highest BCUT2D eigenvalue weighted by atomic mass is 35.5. The molecule has 0 aliphatic carbocycles. The van der Waals surface area contributed by atoms with E-state index < -0.39 is 0 Å². The Labute approximate surface area is 132 Å². The van der Waals surface area contributed by atoms with E-state index >= 15 is 0 Å². The van der Waals surface area contributed by atoms with Crippen LogP contribution in [-0.2, 0) is 11.3 Å². The quantitative estimate of drug-likeness (QED) is 0.903. The highest BCUT2D eigenvalue weighted by Crippen LogP contribution is 2.20. The van der Waals surface area contributed by atoms with Gasteiger partial charge in [-0.15, -0.1) is 0 Å². The molecule has 1 saturated heterocycles. The zero-order chi connectivity index (χ0) is 15.2. The Kier molecular flexibility index (Phi) is 6.07. The fraction of sp³-hybridized carbons (Fsp3) is 0.588. The highest BCUT2D eigenvalue weighted by molar-refractivity contribution is 6.30. The molecule has 1 aliphatic heterocycles. The summed E-state index contributed by atoms with van der Waals surface area (Å²) in [6, 6.07) is 7.97. The molecule has 21 heavy (non-hydrogen) atoms. The van der Waals surface area contributed by atoms with Crippen molar-refractivity contribution in [3.05, 3.63) is 34.9 Å².